The van der Waals surface area contributed by atoms with Gasteiger partial charge in [-0.1, -0.05) is 18.2 Å². The molecule has 3 rings (SSSR count). The predicted molar refractivity (Wildman–Crippen MR) is 67.8 cm³/mol. The number of anilines is 1. The monoisotopic (exact) mass is 233 g/mol. The van der Waals surface area contributed by atoms with Gasteiger partial charge in [-0.25, -0.2) is 0 Å². The number of hydrogen-bond donors (Lipinski definition) is 1. The van der Waals surface area contributed by atoms with E-state index < -0.39 is 0 Å². The van der Waals surface area contributed by atoms with Gasteiger partial charge in [0.05, 0.1) is 5.25 Å². The Balaban J connectivity index is 1.89. The van der Waals surface area contributed by atoms with Crippen LogP contribution in [0.15, 0.2) is 46.7 Å². The highest BCUT2D eigenvalue weighted by atomic mass is 32.2. The van der Waals surface area contributed by atoms with Gasteiger partial charge in [0.15, 0.2) is 0 Å². The molecule has 1 aliphatic rings. The van der Waals surface area contributed by atoms with Crippen molar-refractivity contribution >= 4 is 28.8 Å². The number of nitrogens with one attached hydrogen (secondary N) is 1. The smallest absolute Gasteiger partial charge is 0.0611 e. The molecule has 0 amide bonds. The molecule has 15 heavy (non-hydrogen) atoms. The second-order valence-electron chi connectivity index (χ2n) is 3.50. The normalized spacial score (nSPS) is 19.3. The van der Waals surface area contributed by atoms with Crippen LogP contribution in [0.4, 0.5) is 5.69 Å². The number of rotatable bonds is 1. The van der Waals surface area contributed by atoms with Gasteiger partial charge < -0.3 is 5.32 Å². The molecule has 0 aliphatic carbocycles. The average molecular weight is 233 g/mol. The Morgan fingerprint density at radius 3 is 2.93 bits per heavy atom. The Labute approximate surface area is 97.5 Å². The predicted octanol–water partition coefficient (Wildman–Crippen LogP) is 4.01. The highest BCUT2D eigenvalue weighted by molar-refractivity contribution is 8.00. The van der Waals surface area contributed by atoms with Crippen molar-refractivity contribution in [3.63, 3.8) is 0 Å². The van der Waals surface area contributed by atoms with E-state index in [4.69, 9.17) is 0 Å². The SMILES string of the molecule is c1csc(C2CNc3ccccc3S2)c1. The van der Waals surface area contributed by atoms with Crippen molar-refractivity contribution in [1.29, 1.82) is 0 Å². The van der Waals surface area contributed by atoms with Crippen LogP contribution in [0.2, 0.25) is 0 Å². The van der Waals surface area contributed by atoms with E-state index in [2.05, 4.69) is 47.1 Å². The van der Waals surface area contributed by atoms with Gasteiger partial charge in [0, 0.05) is 22.0 Å². The lowest BCUT2D eigenvalue weighted by Gasteiger charge is -2.24. The van der Waals surface area contributed by atoms with Gasteiger partial charge in [-0.3, -0.25) is 0 Å². The van der Waals surface area contributed by atoms with Gasteiger partial charge in [-0.05, 0) is 23.6 Å². The maximum Gasteiger partial charge on any atom is 0.0611 e. The maximum atomic E-state index is 3.49. The summed E-state index contributed by atoms with van der Waals surface area (Å²) in [5, 5.41) is 6.21. The molecule has 1 nitrogen and oxygen atoms in total. The molecule has 1 aromatic heterocycles. The average Bonchev–Trinajstić information content (AvgIpc) is 2.82. The Morgan fingerprint density at radius 1 is 1.13 bits per heavy atom. The standard InChI is InChI=1S/C12H11NS2/c1-2-5-10-9(4-1)13-8-12(15-10)11-6-3-7-14-11/h1-7,12-13H,8H2. The molecule has 0 spiro atoms. The van der Waals surface area contributed by atoms with Crippen LogP contribution in [-0.4, -0.2) is 6.54 Å². The summed E-state index contributed by atoms with van der Waals surface area (Å²) in [4.78, 5) is 2.82. The van der Waals surface area contributed by atoms with Gasteiger partial charge >= 0.3 is 0 Å². The summed E-state index contributed by atoms with van der Waals surface area (Å²) in [6.07, 6.45) is 0. The van der Waals surface area contributed by atoms with Crippen LogP contribution < -0.4 is 5.32 Å². The van der Waals surface area contributed by atoms with Gasteiger partial charge in [0.25, 0.3) is 0 Å². The first-order chi connectivity index (χ1) is 7.43. The van der Waals surface area contributed by atoms with E-state index in [9.17, 15) is 0 Å². The molecule has 1 aliphatic heterocycles. The van der Waals surface area contributed by atoms with Crippen molar-refractivity contribution in [3.05, 3.63) is 46.7 Å². The molecule has 1 N–H and O–H groups in total. The number of para-hydroxylation sites is 1. The van der Waals surface area contributed by atoms with Crippen molar-refractivity contribution in [2.24, 2.45) is 0 Å². The highest BCUT2D eigenvalue weighted by Crippen LogP contribution is 2.43. The van der Waals surface area contributed by atoms with Crippen molar-refractivity contribution in [2.45, 2.75) is 10.1 Å². The number of thioether (sulfide) groups is 1. The third-order valence-electron chi connectivity index (χ3n) is 2.49. The van der Waals surface area contributed by atoms with Crippen LogP contribution in [0.1, 0.15) is 10.1 Å². The van der Waals surface area contributed by atoms with Crippen molar-refractivity contribution in [2.75, 3.05) is 11.9 Å². The van der Waals surface area contributed by atoms with Crippen molar-refractivity contribution in [3.8, 4) is 0 Å². The largest absolute Gasteiger partial charge is 0.383 e. The Kier molecular flexibility index (Phi) is 2.43. The zero-order valence-electron chi connectivity index (χ0n) is 8.14. The number of thiophene rings is 1. The zero-order valence-corrected chi connectivity index (χ0v) is 9.78. The van der Waals surface area contributed by atoms with Crippen LogP contribution in [0.3, 0.4) is 0 Å². The van der Waals surface area contributed by atoms with Crippen LogP contribution in [0, 0.1) is 0 Å². The summed E-state index contributed by atoms with van der Waals surface area (Å²) in [7, 11) is 0. The number of fused-ring (bicyclic) bond motifs is 1. The van der Waals surface area contributed by atoms with Gasteiger partial charge in [-0.2, -0.15) is 0 Å². The minimum atomic E-state index is 0.569. The number of benzene rings is 1. The maximum absolute atomic E-state index is 3.49. The molecule has 2 aromatic rings. The Bertz CT molecular complexity index is 450. The molecular weight excluding hydrogens is 222 g/mol. The first-order valence-corrected chi connectivity index (χ1v) is 6.72. The lowest BCUT2D eigenvalue weighted by atomic mass is 10.3. The molecule has 76 valence electrons. The minimum Gasteiger partial charge on any atom is -0.383 e. The quantitative estimate of drug-likeness (QED) is 0.798. The third kappa shape index (κ3) is 1.77. The summed E-state index contributed by atoms with van der Waals surface area (Å²) in [6.45, 7) is 1.03. The van der Waals surface area contributed by atoms with E-state index in [1.54, 1.807) is 0 Å². The fourth-order valence-corrected chi connectivity index (χ4v) is 3.86. The summed E-state index contributed by atoms with van der Waals surface area (Å²) < 4.78 is 0. The summed E-state index contributed by atoms with van der Waals surface area (Å²) in [6, 6.07) is 12.9. The van der Waals surface area contributed by atoms with Gasteiger partial charge in [0.2, 0.25) is 0 Å². The summed E-state index contributed by atoms with van der Waals surface area (Å²) >= 11 is 3.81. The molecule has 0 radical (unpaired) electrons. The van der Waals surface area contributed by atoms with Gasteiger partial charge in [0.1, 0.15) is 0 Å². The third-order valence-corrected chi connectivity index (χ3v) is 4.94. The first kappa shape index (κ1) is 9.31. The van der Waals surface area contributed by atoms with Crippen LogP contribution in [-0.2, 0) is 0 Å². The summed E-state index contributed by atoms with van der Waals surface area (Å²) in [5.74, 6) is 0. The molecule has 1 atom stereocenters. The molecule has 3 heteroatoms. The molecule has 1 unspecified atom stereocenters. The van der Waals surface area contributed by atoms with Crippen LogP contribution in [0.25, 0.3) is 0 Å². The fraction of sp³-hybridized carbons (Fsp3) is 0.167. The molecule has 0 bridgehead atoms. The van der Waals surface area contributed by atoms with E-state index in [-0.39, 0.29) is 0 Å². The Hall–Kier alpha value is -0.930. The molecule has 0 saturated carbocycles. The topological polar surface area (TPSA) is 12.0 Å². The Morgan fingerprint density at radius 2 is 2.07 bits per heavy atom. The lowest BCUT2D eigenvalue weighted by molar-refractivity contribution is 0.985. The molecule has 0 saturated heterocycles. The van der Waals surface area contributed by atoms with E-state index in [0.29, 0.717) is 5.25 Å². The first-order valence-electron chi connectivity index (χ1n) is 4.96. The van der Waals surface area contributed by atoms with E-state index >= 15 is 0 Å². The van der Waals surface area contributed by atoms with E-state index in [1.165, 1.54) is 15.5 Å². The van der Waals surface area contributed by atoms with Crippen molar-refractivity contribution < 1.29 is 0 Å². The molecule has 2 heterocycles. The molecule has 0 fully saturated rings. The molecular formula is C12H11NS2. The lowest BCUT2D eigenvalue weighted by Crippen LogP contribution is -2.14. The zero-order chi connectivity index (χ0) is 10.1. The van der Waals surface area contributed by atoms with Crippen molar-refractivity contribution in [1.82, 2.24) is 0 Å². The fourth-order valence-electron chi connectivity index (χ4n) is 1.75. The second kappa shape index (κ2) is 3.91. The molecule has 1 aromatic carbocycles. The number of hydrogen-bond acceptors (Lipinski definition) is 3. The minimum absolute atomic E-state index is 0.569. The van der Waals surface area contributed by atoms with Crippen LogP contribution in [0.5, 0.6) is 0 Å². The highest BCUT2D eigenvalue weighted by Gasteiger charge is 2.20. The summed E-state index contributed by atoms with van der Waals surface area (Å²) in [5.41, 5.74) is 1.27. The van der Waals surface area contributed by atoms with E-state index in [0.717, 1.165) is 6.54 Å². The van der Waals surface area contributed by atoms with Gasteiger partial charge in [-0.15, -0.1) is 23.1 Å². The van der Waals surface area contributed by atoms with E-state index in [1.807, 2.05) is 23.1 Å². The van der Waals surface area contributed by atoms with Crippen LogP contribution >= 0.6 is 23.1 Å². The second-order valence-corrected chi connectivity index (χ2v) is 5.72.